The average molecular weight is 328 g/mol. The van der Waals surface area contributed by atoms with Gasteiger partial charge >= 0.3 is 0 Å². The Labute approximate surface area is 122 Å². The van der Waals surface area contributed by atoms with E-state index in [0.717, 1.165) is 36.2 Å². The summed E-state index contributed by atoms with van der Waals surface area (Å²) in [4.78, 5) is 0. The van der Waals surface area contributed by atoms with Crippen molar-refractivity contribution < 1.29 is 4.74 Å². The fourth-order valence-corrected chi connectivity index (χ4v) is 3.65. The zero-order valence-electron chi connectivity index (χ0n) is 11.7. The van der Waals surface area contributed by atoms with Crippen molar-refractivity contribution in [2.24, 2.45) is 11.7 Å². The first-order valence-electron chi connectivity index (χ1n) is 7.17. The Kier molecular flexibility index (Phi) is 3.48. The molecular formula is C14H22BrN3O. The highest BCUT2D eigenvalue weighted by molar-refractivity contribution is 9.10. The highest BCUT2D eigenvalue weighted by Gasteiger charge is 2.49. The Morgan fingerprint density at radius 3 is 2.89 bits per heavy atom. The first-order chi connectivity index (χ1) is 9.05. The van der Waals surface area contributed by atoms with Gasteiger partial charge in [-0.2, -0.15) is 5.10 Å². The van der Waals surface area contributed by atoms with Crippen molar-refractivity contribution in [1.82, 2.24) is 9.78 Å². The lowest BCUT2D eigenvalue weighted by Gasteiger charge is -2.30. The standard InChI is InChI=1S/C14H22BrN3O/c1-3-18-11(12(15)9(2)17-18)8-14(16)6-7-19-13(14)10-4-5-10/h10,13H,3-8,16H2,1-2H3. The van der Waals surface area contributed by atoms with Gasteiger partial charge in [0, 0.05) is 19.6 Å². The SMILES string of the molecule is CCn1nc(C)c(Br)c1CC1(N)CCOC1C1CC1. The first-order valence-corrected chi connectivity index (χ1v) is 7.96. The highest BCUT2D eigenvalue weighted by Crippen LogP contribution is 2.44. The van der Waals surface area contributed by atoms with E-state index >= 15 is 0 Å². The Morgan fingerprint density at radius 2 is 2.26 bits per heavy atom. The minimum Gasteiger partial charge on any atom is -0.376 e. The summed E-state index contributed by atoms with van der Waals surface area (Å²) in [6.45, 7) is 5.84. The molecule has 3 rings (SSSR count). The summed E-state index contributed by atoms with van der Waals surface area (Å²) in [5, 5.41) is 4.56. The fourth-order valence-electron chi connectivity index (χ4n) is 3.23. The van der Waals surface area contributed by atoms with Crippen LogP contribution in [0, 0.1) is 12.8 Å². The lowest BCUT2D eigenvalue weighted by atomic mass is 9.85. The molecule has 106 valence electrons. The molecule has 2 heterocycles. The predicted molar refractivity (Wildman–Crippen MR) is 78.0 cm³/mol. The van der Waals surface area contributed by atoms with E-state index in [9.17, 15) is 0 Å². The summed E-state index contributed by atoms with van der Waals surface area (Å²) in [6, 6.07) is 0. The molecule has 5 heteroatoms. The van der Waals surface area contributed by atoms with Crippen molar-refractivity contribution in [3.63, 3.8) is 0 Å². The van der Waals surface area contributed by atoms with Crippen molar-refractivity contribution in [1.29, 1.82) is 0 Å². The maximum atomic E-state index is 6.69. The van der Waals surface area contributed by atoms with Crippen molar-refractivity contribution >= 4 is 15.9 Å². The number of ether oxygens (including phenoxy) is 1. The van der Waals surface area contributed by atoms with Gasteiger partial charge in [0.05, 0.1) is 27.5 Å². The molecule has 2 fully saturated rings. The summed E-state index contributed by atoms with van der Waals surface area (Å²) in [6.07, 6.45) is 4.59. The monoisotopic (exact) mass is 327 g/mol. The van der Waals surface area contributed by atoms with Crippen LogP contribution in [-0.4, -0.2) is 28.0 Å². The van der Waals surface area contributed by atoms with Gasteiger partial charge in [0.2, 0.25) is 0 Å². The number of hydrogen-bond acceptors (Lipinski definition) is 3. The lowest BCUT2D eigenvalue weighted by Crippen LogP contribution is -2.50. The third kappa shape index (κ3) is 2.36. The van der Waals surface area contributed by atoms with Crippen LogP contribution in [0.3, 0.4) is 0 Å². The van der Waals surface area contributed by atoms with E-state index in [1.54, 1.807) is 0 Å². The van der Waals surface area contributed by atoms with Crippen molar-refractivity contribution in [2.75, 3.05) is 6.61 Å². The van der Waals surface area contributed by atoms with E-state index in [1.807, 2.05) is 6.92 Å². The molecule has 1 aliphatic heterocycles. The van der Waals surface area contributed by atoms with Crippen LogP contribution in [0.5, 0.6) is 0 Å². The van der Waals surface area contributed by atoms with Gasteiger partial charge in [0.1, 0.15) is 0 Å². The highest BCUT2D eigenvalue weighted by atomic mass is 79.9. The maximum Gasteiger partial charge on any atom is 0.0787 e. The molecule has 1 aromatic heterocycles. The Balaban J connectivity index is 1.87. The number of nitrogens with two attached hydrogens (primary N) is 1. The van der Waals surface area contributed by atoms with Crippen LogP contribution in [0.2, 0.25) is 0 Å². The molecule has 0 aromatic carbocycles. The second kappa shape index (κ2) is 4.86. The van der Waals surface area contributed by atoms with Crippen LogP contribution in [0.25, 0.3) is 0 Å². The average Bonchev–Trinajstić information content (AvgIpc) is 3.10. The third-order valence-corrected chi connectivity index (χ3v) is 5.46. The summed E-state index contributed by atoms with van der Waals surface area (Å²) in [7, 11) is 0. The maximum absolute atomic E-state index is 6.69. The molecule has 2 N–H and O–H groups in total. The second-order valence-corrected chi connectivity index (χ2v) is 6.74. The van der Waals surface area contributed by atoms with Crippen molar-refractivity contribution in [3.05, 3.63) is 15.9 Å². The van der Waals surface area contributed by atoms with Gasteiger partial charge in [-0.05, 0) is 55.0 Å². The van der Waals surface area contributed by atoms with Crippen molar-refractivity contribution in [2.45, 2.75) is 57.7 Å². The molecule has 4 nitrogen and oxygen atoms in total. The molecular weight excluding hydrogens is 306 g/mol. The zero-order valence-corrected chi connectivity index (χ0v) is 13.2. The largest absolute Gasteiger partial charge is 0.376 e. The van der Waals surface area contributed by atoms with Gasteiger partial charge in [-0.15, -0.1) is 0 Å². The Bertz CT molecular complexity index is 483. The lowest BCUT2D eigenvalue weighted by molar-refractivity contribution is 0.0621. The quantitative estimate of drug-likeness (QED) is 0.923. The normalized spacial score (nSPS) is 31.1. The third-order valence-electron chi connectivity index (χ3n) is 4.43. The number of rotatable bonds is 4. The van der Waals surface area contributed by atoms with Crippen LogP contribution in [0.4, 0.5) is 0 Å². The van der Waals surface area contributed by atoms with Crippen LogP contribution in [0.1, 0.15) is 37.6 Å². The molecule has 2 aliphatic rings. The van der Waals surface area contributed by atoms with E-state index in [0.29, 0.717) is 5.92 Å². The van der Waals surface area contributed by atoms with Gasteiger partial charge in [-0.1, -0.05) is 0 Å². The number of halogens is 1. The molecule has 1 aromatic rings. The molecule has 1 saturated heterocycles. The molecule has 19 heavy (non-hydrogen) atoms. The topological polar surface area (TPSA) is 53.1 Å². The van der Waals surface area contributed by atoms with Gasteiger partial charge in [-0.25, -0.2) is 0 Å². The van der Waals surface area contributed by atoms with Gasteiger partial charge in [0.25, 0.3) is 0 Å². The first kappa shape index (κ1) is 13.6. The van der Waals surface area contributed by atoms with Crippen LogP contribution in [0.15, 0.2) is 4.47 Å². The smallest absolute Gasteiger partial charge is 0.0787 e. The Morgan fingerprint density at radius 1 is 1.53 bits per heavy atom. The molecule has 2 unspecified atom stereocenters. The molecule has 1 aliphatic carbocycles. The van der Waals surface area contributed by atoms with Gasteiger partial charge < -0.3 is 10.5 Å². The number of hydrogen-bond donors (Lipinski definition) is 1. The van der Waals surface area contributed by atoms with E-state index in [-0.39, 0.29) is 11.6 Å². The van der Waals surface area contributed by atoms with E-state index in [2.05, 4.69) is 32.6 Å². The number of nitrogens with zero attached hydrogens (tertiary/aromatic N) is 2. The zero-order chi connectivity index (χ0) is 13.6. The predicted octanol–water partition coefficient (Wildman–Crippen LogP) is 2.41. The van der Waals surface area contributed by atoms with Crippen molar-refractivity contribution in [3.8, 4) is 0 Å². The van der Waals surface area contributed by atoms with Gasteiger partial charge in [0.15, 0.2) is 0 Å². The molecule has 2 atom stereocenters. The van der Waals surface area contributed by atoms with Crippen LogP contribution in [-0.2, 0) is 17.7 Å². The molecule has 0 amide bonds. The Hall–Kier alpha value is -0.390. The van der Waals surface area contributed by atoms with Crippen LogP contribution < -0.4 is 5.73 Å². The fraction of sp³-hybridized carbons (Fsp3) is 0.786. The summed E-state index contributed by atoms with van der Waals surface area (Å²) in [5.74, 6) is 0.686. The van der Waals surface area contributed by atoms with Gasteiger partial charge in [-0.3, -0.25) is 4.68 Å². The van der Waals surface area contributed by atoms with E-state index in [1.165, 1.54) is 18.5 Å². The van der Waals surface area contributed by atoms with Crippen LogP contribution >= 0.6 is 15.9 Å². The summed E-state index contributed by atoms with van der Waals surface area (Å²) >= 11 is 3.67. The number of aryl methyl sites for hydroxylation is 2. The molecule has 1 saturated carbocycles. The number of aromatic nitrogens is 2. The second-order valence-electron chi connectivity index (χ2n) is 5.95. The minimum atomic E-state index is -0.219. The molecule has 0 spiro atoms. The minimum absolute atomic E-state index is 0.219. The molecule has 0 radical (unpaired) electrons. The summed E-state index contributed by atoms with van der Waals surface area (Å²) < 4.78 is 9.09. The van der Waals surface area contributed by atoms with E-state index < -0.39 is 0 Å². The summed E-state index contributed by atoms with van der Waals surface area (Å²) in [5.41, 5.74) is 8.74. The molecule has 0 bridgehead atoms. The van der Waals surface area contributed by atoms with E-state index in [4.69, 9.17) is 10.5 Å².